The van der Waals surface area contributed by atoms with E-state index in [0.717, 1.165) is 0 Å². The quantitative estimate of drug-likeness (QED) is 0.319. The number of nitrogens with zero attached hydrogens (tertiary/aromatic N) is 3. The number of hydrogen-bond acceptors (Lipinski definition) is 7. The molecule has 0 aromatic heterocycles. The van der Waals surface area contributed by atoms with Crippen molar-refractivity contribution in [1.29, 1.82) is 0 Å². The molecule has 0 bridgehead atoms. The Labute approximate surface area is 135 Å². The van der Waals surface area contributed by atoms with Gasteiger partial charge in [0.1, 0.15) is 12.2 Å². The Kier molecular flexibility index (Phi) is 5.52. The zero-order chi connectivity index (χ0) is 17.3. The number of ether oxygens (including phenoxy) is 6. The number of rotatable bonds is 6. The minimum atomic E-state index is -0.858. The van der Waals surface area contributed by atoms with E-state index in [9.17, 15) is 0 Å². The van der Waals surface area contributed by atoms with Crippen molar-refractivity contribution in [1.82, 2.24) is 0 Å². The van der Waals surface area contributed by atoms with E-state index >= 15 is 0 Å². The van der Waals surface area contributed by atoms with Crippen LogP contribution in [0.1, 0.15) is 27.7 Å². The number of hydrogen-bond donors (Lipinski definition) is 0. The van der Waals surface area contributed by atoms with E-state index in [0.29, 0.717) is 6.61 Å². The minimum Gasteiger partial charge on any atom is -0.353 e. The van der Waals surface area contributed by atoms with Crippen LogP contribution >= 0.6 is 0 Å². The first-order valence-corrected chi connectivity index (χ1v) is 7.50. The molecule has 2 rings (SSSR count). The first kappa shape index (κ1) is 18.4. The van der Waals surface area contributed by atoms with Gasteiger partial charge >= 0.3 is 0 Å². The van der Waals surface area contributed by atoms with E-state index in [1.54, 1.807) is 27.7 Å². The van der Waals surface area contributed by atoms with Crippen LogP contribution in [0.3, 0.4) is 0 Å². The molecule has 23 heavy (non-hydrogen) atoms. The average molecular weight is 331 g/mol. The molecule has 0 aliphatic carbocycles. The molecule has 9 heteroatoms. The molecule has 2 saturated heterocycles. The molecule has 2 aliphatic heterocycles. The highest BCUT2D eigenvalue weighted by molar-refractivity contribution is 4.97. The third-order valence-electron chi connectivity index (χ3n) is 3.83. The molecule has 132 valence electrons. The highest BCUT2D eigenvalue weighted by atomic mass is 16.8. The van der Waals surface area contributed by atoms with Gasteiger partial charge in [0, 0.05) is 19.1 Å². The van der Waals surface area contributed by atoms with Crippen molar-refractivity contribution < 1.29 is 28.4 Å². The maximum Gasteiger partial charge on any atom is 0.185 e. The van der Waals surface area contributed by atoms with Crippen LogP contribution in [0.2, 0.25) is 0 Å². The Hall–Kier alpha value is -0.930. The smallest absolute Gasteiger partial charge is 0.185 e. The fraction of sp³-hybridized carbons (Fsp3) is 1.00. The Morgan fingerprint density at radius 3 is 2.13 bits per heavy atom. The lowest BCUT2D eigenvalue weighted by Gasteiger charge is -2.30. The summed E-state index contributed by atoms with van der Waals surface area (Å²) < 4.78 is 33.9. The molecule has 0 spiro atoms. The normalized spacial score (nSPS) is 33.6. The maximum atomic E-state index is 8.96. The summed E-state index contributed by atoms with van der Waals surface area (Å²) in [6.07, 6.45) is -2.26. The van der Waals surface area contributed by atoms with Gasteiger partial charge in [0.25, 0.3) is 0 Å². The summed E-state index contributed by atoms with van der Waals surface area (Å²) in [7, 11) is 3.03. The summed E-state index contributed by atoms with van der Waals surface area (Å²) in [5.74, 6) is -1.59. The summed E-state index contributed by atoms with van der Waals surface area (Å²) in [5, 5.41) is 3.88. The topological polar surface area (TPSA) is 104 Å². The second-order valence-corrected chi connectivity index (χ2v) is 6.47. The zero-order valence-corrected chi connectivity index (χ0v) is 14.4. The van der Waals surface area contributed by atoms with Gasteiger partial charge in [-0.3, -0.25) is 0 Å². The first-order chi connectivity index (χ1) is 10.7. The first-order valence-electron chi connectivity index (χ1n) is 7.50. The van der Waals surface area contributed by atoms with Crippen LogP contribution < -0.4 is 0 Å². The van der Waals surface area contributed by atoms with Crippen LogP contribution in [-0.2, 0) is 28.4 Å². The molecule has 0 N–H and O–H groups in total. The lowest BCUT2D eigenvalue weighted by atomic mass is 10.0. The van der Waals surface area contributed by atoms with Crippen LogP contribution in [-0.4, -0.2) is 63.0 Å². The third kappa shape index (κ3) is 4.13. The van der Waals surface area contributed by atoms with Crippen molar-refractivity contribution in [2.45, 2.75) is 69.9 Å². The van der Waals surface area contributed by atoms with Gasteiger partial charge in [-0.05, 0) is 33.2 Å². The van der Waals surface area contributed by atoms with Crippen LogP contribution in [0, 0.1) is 0 Å². The molecule has 2 aliphatic rings. The molecule has 9 nitrogen and oxygen atoms in total. The minimum absolute atomic E-state index is 0.300. The maximum absolute atomic E-state index is 8.96. The zero-order valence-electron chi connectivity index (χ0n) is 14.4. The molecular weight excluding hydrogens is 306 g/mol. The van der Waals surface area contributed by atoms with Crippen molar-refractivity contribution in [3.05, 3.63) is 10.4 Å². The second-order valence-electron chi connectivity index (χ2n) is 6.47. The molecule has 2 heterocycles. The van der Waals surface area contributed by atoms with Crippen LogP contribution in [0.5, 0.6) is 0 Å². The van der Waals surface area contributed by atoms with Gasteiger partial charge in [0.05, 0.1) is 18.8 Å². The van der Waals surface area contributed by atoms with Crippen molar-refractivity contribution in [3.63, 3.8) is 0 Å². The Morgan fingerprint density at radius 1 is 1.04 bits per heavy atom. The molecule has 0 saturated carbocycles. The number of methoxy groups -OCH3 is 2. The molecule has 0 radical (unpaired) electrons. The number of azide groups is 1. The summed E-state index contributed by atoms with van der Waals surface area (Å²) in [4.78, 5) is 2.94. The fourth-order valence-electron chi connectivity index (χ4n) is 2.95. The van der Waals surface area contributed by atoms with E-state index < -0.39 is 42.2 Å². The lowest BCUT2D eigenvalue weighted by molar-refractivity contribution is -0.202. The SMILES string of the molecule is COC(OC)[C@@H]1OC(C)(C)O[C@H]1[C@@H](N=[N+]=[N-])[C@H]1COC(C)(C)O1. The van der Waals surface area contributed by atoms with Gasteiger partial charge in [0.2, 0.25) is 0 Å². The predicted octanol–water partition coefficient (Wildman–Crippen LogP) is 1.96. The summed E-state index contributed by atoms with van der Waals surface area (Å²) >= 11 is 0. The van der Waals surface area contributed by atoms with Crippen molar-refractivity contribution in [2.24, 2.45) is 5.11 Å². The van der Waals surface area contributed by atoms with Gasteiger partial charge in [-0.1, -0.05) is 5.11 Å². The van der Waals surface area contributed by atoms with Crippen LogP contribution in [0.25, 0.3) is 10.4 Å². The highest BCUT2D eigenvalue weighted by Gasteiger charge is 2.52. The largest absolute Gasteiger partial charge is 0.353 e. The fourth-order valence-corrected chi connectivity index (χ4v) is 2.95. The summed E-state index contributed by atoms with van der Waals surface area (Å²) in [6.45, 7) is 7.48. The van der Waals surface area contributed by atoms with E-state index in [1.165, 1.54) is 14.2 Å². The molecule has 0 aromatic carbocycles. The van der Waals surface area contributed by atoms with E-state index in [4.69, 9.17) is 34.0 Å². The predicted molar refractivity (Wildman–Crippen MR) is 79.5 cm³/mol. The average Bonchev–Trinajstić information content (AvgIpc) is 2.97. The standard InChI is InChI=1S/C14H25N3O6/c1-13(2)20-7-8(21-13)9(16-17-15)10-11(12(18-5)19-6)23-14(3,4)22-10/h8-12H,7H2,1-6H3/t8-,9+,10+,11-/m1/s1. The van der Waals surface area contributed by atoms with E-state index in [2.05, 4.69) is 10.0 Å². The second kappa shape index (κ2) is 6.90. The molecule has 2 fully saturated rings. The van der Waals surface area contributed by atoms with Gasteiger partial charge in [-0.15, -0.1) is 0 Å². The van der Waals surface area contributed by atoms with E-state index in [-0.39, 0.29) is 0 Å². The molecule has 4 atom stereocenters. The van der Waals surface area contributed by atoms with Crippen molar-refractivity contribution >= 4 is 0 Å². The summed E-state index contributed by atoms with van der Waals surface area (Å²) in [5.41, 5.74) is 8.96. The summed E-state index contributed by atoms with van der Waals surface area (Å²) in [6, 6.07) is -0.638. The molecule has 0 amide bonds. The monoisotopic (exact) mass is 331 g/mol. The van der Waals surface area contributed by atoms with Crippen molar-refractivity contribution in [3.8, 4) is 0 Å². The van der Waals surface area contributed by atoms with Crippen LogP contribution in [0.4, 0.5) is 0 Å². The Bertz CT molecular complexity index is 461. The lowest BCUT2D eigenvalue weighted by Crippen LogP contribution is -2.48. The molecule has 0 unspecified atom stereocenters. The van der Waals surface area contributed by atoms with E-state index in [1.807, 2.05) is 0 Å². The Balaban J connectivity index is 2.26. The van der Waals surface area contributed by atoms with Crippen molar-refractivity contribution in [2.75, 3.05) is 20.8 Å². The highest BCUT2D eigenvalue weighted by Crippen LogP contribution is 2.37. The Morgan fingerprint density at radius 2 is 1.65 bits per heavy atom. The molecule has 0 aromatic rings. The van der Waals surface area contributed by atoms with Crippen LogP contribution in [0.15, 0.2) is 5.11 Å². The molecular formula is C14H25N3O6. The van der Waals surface area contributed by atoms with Gasteiger partial charge < -0.3 is 28.4 Å². The van der Waals surface area contributed by atoms with Gasteiger partial charge in [0.15, 0.2) is 17.9 Å². The van der Waals surface area contributed by atoms with Gasteiger partial charge in [-0.25, -0.2) is 0 Å². The van der Waals surface area contributed by atoms with Gasteiger partial charge in [-0.2, -0.15) is 0 Å². The third-order valence-corrected chi connectivity index (χ3v) is 3.83.